The number of rotatable bonds is 7. The lowest BCUT2D eigenvalue weighted by Gasteiger charge is -2.18. The topological polar surface area (TPSA) is 47.3 Å². The Kier molecular flexibility index (Phi) is 5.83. The van der Waals surface area contributed by atoms with E-state index < -0.39 is 0 Å². The van der Waals surface area contributed by atoms with E-state index in [-0.39, 0.29) is 5.54 Å². The number of hydrogen-bond donors (Lipinski definition) is 2. The van der Waals surface area contributed by atoms with Crippen molar-refractivity contribution in [3.8, 4) is 5.75 Å². The fourth-order valence-corrected chi connectivity index (χ4v) is 2.10. The molecule has 0 aliphatic rings. The molecule has 19 heavy (non-hydrogen) atoms. The third kappa shape index (κ3) is 5.62. The molecule has 0 aromatic heterocycles. The van der Waals surface area contributed by atoms with Crippen molar-refractivity contribution in [3.63, 3.8) is 0 Å². The zero-order valence-corrected chi connectivity index (χ0v) is 13.0. The van der Waals surface area contributed by atoms with Crippen LogP contribution in [-0.2, 0) is 6.42 Å². The highest BCUT2D eigenvalue weighted by atomic mass is 16.5. The first-order chi connectivity index (χ1) is 8.83. The molecular weight excluding hydrogens is 236 g/mol. The van der Waals surface area contributed by atoms with Gasteiger partial charge in [0, 0.05) is 5.54 Å². The Bertz CT molecular complexity index is 408. The first kappa shape index (κ1) is 16.0. The lowest BCUT2D eigenvalue weighted by Crippen LogP contribution is -2.36. The Labute approximate surface area is 117 Å². The van der Waals surface area contributed by atoms with Crippen molar-refractivity contribution >= 4 is 0 Å². The van der Waals surface area contributed by atoms with E-state index >= 15 is 0 Å². The summed E-state index contributed by atoms with van der Waals surface area (Å²) in [7, 11) is 1.72. The van der Waals surface area contributed by atoms with E-state index in [4.69, 9.17) is 10.5 Å². The minimum absolute atomic E-state index is 0.0837. The Hall–Kier alpha value is -1.06. The number of nitrogens with one attached hydrogen (secondary N) is 1. The molecule has 0 atom stereocenters. The molecule has 0 aliphatic carbocycles. The van der Waals surface area contributed by atoms with Gasteiger partial charge >= 0.3 is 0 Å². The molecule has 0 saturated carbocycles. The number of nitrogens with two attached hydrogens (primary N) is 1. The van der Waals surface area contributed by atoms with Gasteiger partial charge in [-0.3, -0.25) is 0 Å². The van der Waals surface area contributed by atoms with E-state index in [1.54, 1.807) is 7.11 Å². The average Bonchev–Trinajstić information content (AvgIpc) is 2.31. The number of benzene rings is 1. The summed E-state index contributed by atoms with van der Waals surface area (Å²) in [5.74, 6) is 0.971. The van der Waals surface area contributed by atoms with E-state index in [0.29, 0.717) is 0 Å². The zero-order chi connectivity index (χ0) is 14.5. The van der Waals surface area contributed by atoms with E-state index in [1.165, 1.54) is 16.7 Å². The van der Waals surface area contributed by atoms with Gasteiger partial charge in [0.15, 0.2) is 0 Å². The molecular formula is C16H28N2O. The molecule has 0 aliphatic heterocycles. The van der Waals surface area contributed by atoms with Crippen LogP contribution in [-0.4, -0.2) is 25.7 Å². The second kappa shape index (κ2) is 6.92. The van der Waals surface area contributed by atoms with Crippen LogP contribution < -0.4 is 15.8 Å². The molecule has 0 heterocycles. The summed E-state index contributed by atoms with van der Waals surface area (Å²) in [4.78, 5) is 0. The van der Waals surface area contributed by atoms with Gasteiger partial charge in [-0.25, -0.2) is 0 Å². The van der Waals surface area contributed by atoms with Crippen LogP contribution in [0.5, 0.6) is 5.75 Å². The van der Waals surface area contributed by atoms with Crippen LogP contribution in [0.1, 0.15) is 37.0 Å². The molecule has 0 saturated heterocycles. The van der Waals surface area contributed by atoms with Gasteiger partial charge in [-0.2, -0.15) is 0 Å². The average molecular weight is 264 g/mol. The summed E-state index contributed by atoms with van der Waals surface area (Å²) >= 11 is 0. The molecule has 0 amide bonds. The normalized spacial score (nSPS) is 11.7. The highest BCUT2D eigenvalue weighted by Crippen LogP contribution is 2.22. The highest BCUT2D eigenvalue weighted by Gasteiger charge is 2.09. The van der Waals surface area contributed by atoms with Gasteiger partial charge in [0.1, 0.15) is 5.75 Å². The maximum Gasteiger partial charge on any atom is 0.122 e. The van der Waals surface area contributed by atoms with Crippen molar-refractivity contribution in [1.82, 2.24) is 5.32 Å². The lowest BCUT2D eigenvalue weighted by atomic mass is 10.0. The number of aryl methyl sites for hydroxylation is 2. The number of hydrogen-bond acceptors (Lipinski definition) is 3. The van der Waals surface area contributed by atoms with Crippen LogP contribution >= 0.6 is 0 Å². The number of ether oxygens (including phenoxy) is 1. The molecule has 1 rings (SSSR count). The predicted octanol–water partition coefficient (Wildman–Crippen LogP) is 2.57. The quantitative estimate of drug-likeness (QED) is 0.744. The summed E-state index contributed by atoms with van der Waals surface area (Å²) in [5.41, 5.74) is 9.75. The molecule has 3 nitrogen and oxygen atoms in total. The minimum Gasteiger partial charge on any atom is -0.496 e. The molecule has 3 N–H and O–H groups in total. The summed E-state index contributed by atoms with van der Waals surface area (Å²) in [5, 5.41) is 3.45. The highest BCUT2D eigenvalue weighted by molar-refractivity contribution is 5.41. The van der Waals surface area contributed by atoms with Crippen LogP contribution in [0.2, 0.25) is 0 Å². The van der Waals surface area contributed by atoms with Crippen molar-refractivity contribution in [1.29, 1.82) is 0 Å². The maximum absolute atomic E-state index is 5.95. The molecule has 0 fully saturated rings. The second-order valence-corrected chi connectivity index (χ2v) is 5.99. The lowest BCUT2D eigenvalue weighted by molar-refractivity contribution is 0.411. The first-order valence-corrected chi connectivity index (χ1v) is 6.97. The second-order valence-electron chi connectivity index (χ2n) is 5.99. The van der Waals surface area contributed by atoms with Crippen LogP contribution in [0, 0.1) is 13.8 Å². The molecule has 1 aromatic rings. The minimum atomic E-state index is -0.0837. The molecule has 0 spiro atoms. The fraction of sp³-hybridized carbons (Fsp3) is 0.625. The SMILES string of the molecule is COc1cc(C)c(CCNCCC(C)(C)N)cc1C. The Morgan fingerprint density at radius 1 is 1.16 bits per heavy atom. The molecule has 1 aromatic carbocycles. The molecule has 0 bridgehead atoms. The third-order valence-electron chi connectivity index (χ3n) is 3.37. The third-order valence-corrected chi connectivity index (χ3v) is 3.37. The maximum atomic E-state index is 5.95. The summed E-state index contributed by atoms with van der Waals surface area (Å²) < 4.78 is 5.33. The summed E-state index contributed by atoms with van der Waals surface area (Å²) in [6, 6.07) is 4.34. The van der Waals surface area contributed by atoms with E-state index in [2.05, 4.69) is 45.1 Å². The van der Waals surface area contributed by atoms with Crippen molar-refractivity contribution in [3.05, 3.63) is 28.8 Å². The summed E-state index contributed by atoms with van der Waals surface area (Å²) in [6.07, 6.45) is 2.04. The van der Waals surface area contributed by atoms with Crippen LogP contribution in [0.25, 0.3) is 0 Å². The molecule has 0 unspecified atom stereocenters. The van der Waals surface area contributed by atoms with Gasteiger partial charge in [0.2, 0.25) is 0 Å². The monoisotopic (exact) mass is 264 g/mol. The van der Waals surface area contributed by atoms with Crippen molar-refractivity contribution in [2.75, 3.05) is 20.2 Å². The zero-order valence-electron chi connectivity index (χ0n) is 13.0. The Balaban J connectivity index is 2.44. The van der Waals surface area contributed by atoms with Gasteiger partial charge in [-0.1, -0.05) is 6.07 Å². The van der Waals surface area contributed by atoms with Crippen LogP contribution in [0.15, 0.2) is 12.1 Å². The summed E-state index contributed by atoms with van der Waals surface area (Å²) in [6.45, 7) is 10.3. The van der Waals surface area contributed by atoms with E-state index in [1.807, 2.05) is 0 Å². The van der Waals surface area contributed by atoms with Gasteiger partial charge in [-0.15, -0.1) is 0 Å². The van der Waals surface area contributed by atoms with Crippen molar-refractivity contribution in [2.45, 2.75) is 46.1 Å². The van der Waals surface area contributed by atoms with Gasteiger partial charge < -0.3 is 15.8 Å². The standard InChI is InChI=1S/C16H28N2O/c1-12-11-15(19-5)13(2)10-14(12)6-8-18-9-7-16(3,4)17/h10-11,18H,6-9,17H2,1-5H3. The van der Waals surface area contributed by atoms with Crippen LogP contribution in [0.3, 0.4) is 0 Å². The Morgan fingerprint density at radius 3 is 2.42 bits per heavy atom. The van der Waals surface area contributed by atoms with Crippen molar-refractivity contribution in [2.24, 2.45) is 5.73 Å². The van der Waals surface area contributed by atoms with E-state index in [0.717, 1.165) is 31.7 Å². The van der Waals surface area contributed by atoms with Gasteiger partial charge in [0.25, 0.3) is 0 Å². The Morgan fingerprint density at radius 2 is 1.84 bits per heavy atom. The molecule has 0 radical (unpaired) electrons. The van der Waals surface area contributed by atoms with Gasteiger partial charge in [-0.05, 0) is 76.4 Å². The molecule has 108 valence electrons. The van der Waals surface area contributed by atoms with Crippen LogP contribution in [0.4, 0.5) is 0 Å². The largest absolute Gasteiger partial charge is 0.496 e. The first-order valence-electron chi connectivity index (χ1n) is 6.97. The van der Waals surface area contributed by atoms with E-state index in [9.17, 15) is 0 Å². The smallest absolute Gasteiger partial charge is 0.122 e. The number of methoxy groups -OCH3 is 1. The predicted molar refractivity (Wildman–Crippen MR) is 81.9 cm³/mol. The fourth-order valence-electron chi connectivity index (χ4n) is 2.10. The van der Waals surface area contributed by atoms with Crippen molar-refractivity contribution < 1.29 is 4.74 Å². The molecule has 3 heteroatoms. The van der Waals surface area contributed by atoms with Gasteiger partial charge in [0.05, 0.1) is 7.11 Å².